The summed E-state index contributed by atoms with van der Waals surface area (Å²) >= 11 is 0. The van der Waals surface area contributed by atoms with Crippen molar-refractivity contribution >= 4 is 11.9 Å². The SMILES string of the molecule is C=CC(=O)NCC(C)(C)C(=O)OC(C)(C)C. The second kappa shape index (κ2) is 5.14. The maximum absolute atomic E-state index is 11.8. The van der Waals surface area contributed by atoms with Crippen LogP contribution in [0.3, 0.4) is 0 Å². The number of nitrogens with one attached hydrogen (secondary N) is 1. The van der Waals surface area contributed by atoms with Gasteiger partial charge in [-0.3, -0.25) is 9.59 Å². The van der Waals surface area contributed by atoms with Crippen LogP contribution < -0.4 is 5.32 Å². The van der Waals surface area contributed by atoms with E-state index in [4.69, 9.17) is 4.74 Å². The third-order valence-electron chi connectivity index (χ3n) is 1.84. The normalized spacial score (nSPS) is 11.8. The Bertz CT molecular complexity index is 287. The van der Waals surface area contributed by atoms with Crippen LogP contribution in [-0.2, 0) is 14.3 Å². The number of amides is 1. The van der Waals surface area contributed by atoms with Crippen LogP contribution >= 0.6 is 0 Å². The molecule has 1 N–H and O–H groups in total. The molecular weight excluding hydrogens is 206 g/mol. The molecular formula is C12H21NO3. The molecule has 0 atom stereocenters. The summed E-state index contributed by atoms with van der Waals surface area (Å²) in [5.74, 6) is -0.624. The Labute approximate surface area is 97.1 Å². The first-order valence-corrected chi connectivity index (χ1v) is 5.22. The fourth-order valence-corrected chi connectivity index (χ4v) is 0.869. The minimum atomic E-state index is -0.744. The van der Waals surface area contributed by atoms with E-state index in [0.717, 1.165) is 0 Å². The van der Waals surface area contributed by atoms with E-state index in [1.165, 1.54) is 6.08 Å². The average molecular weight is 227 g/mol. The highest BCUT2D eigenvalue weighted by Gasteiger charge is 2.32. The number of hydrogen-bond donors (Lipinski definition) is 1. The summed E-state index contributed by atoms with van der Waals surface area (Å²) in [7, 11) is 0. The maximum Gasteiger partial charge on any atom is 0.313 e. The number of carbonyl (C=O) groups is 2. The zero-order valence-electron chi connectivity index (χ0n) is 10.7. The molecule has 0 saturated heterocycles. The monoisotopic (exact) mass is 227 g/mol. The lowest BCUT2D eigenvalue weighted by Crippen LogP contribution is -2.42. The van der Waals surface area contributed by atoms with E-state index in [1.807, 2.05) is 20.8 Å². The van der Waals surface area contributed by atoms with E-state index in [2.05, 4.69) is 11.9 Å². The molecule has 0 heterocycles. The van der Waals surface area contributed by atoms with Crippen LogP contribution in [0.15, 0.2) is 12.7 Å². The van der Waals surface area contributed by atoms with Crippen LogP contribution in [0.25, 0.3) is 0 Å². The number of rotatable bonds is 4. The summed E-state index contributed by atoms with van der Waals surface area (Å²) in [6, 6.07) is 0. The minimum Gasteiger partial charge on any atom is -0.460 e. The van der Waals surface area contributed by atoms with Gasteiger partial charge in [-0.05, 0) is 40.7 Å². The summed E-state index contributed by atoms with van der Waals surface area (Å²) in [4.78, 5) is 22.8. The first-order valence-electron chi connectivity index (χ1n) is 5.22. The summed E-state index contributed by atoms with van der Waals surface area (Å²) in [6.07, 6.45) is 1.17. The molecule has 0 aromatic carbocycles. The van der Waals surface area contributed by atoms with Gasteiger partial charge in [0.05, 0.1) is 5.41 Å². The number of carbonyl (C=O) groups excluding carboxylic acids is 2. The van der Waals surface area contributed by atoms with E-state index in [-0.39, 0.29) is 18.4 Å². The molecule has 0 fully saturated rings. The average Bonchev–Trinajstić information content (AvgIpc) is 2.11. The molecule has 0 aromatic rings. The molecule has 0 aliphatic heterocycles. The molecule has 4 nitrogen and oxygen atoms in total. The molecule has 0 saturated carbocycles. The zero-order chi connectivity index (χ0) is 13.0. The molecule has 1 amide bonds. The van der Waals surface area contributed by atoms with Crippen molar-refractivity contribution < 1.29 is 14.3 Å². The second-order valence-corrected chi connectivity index (χ2v) is 5.31. The molecule has 0 unspecified atom stereocenters. The lowest BCUT2D eigenvalue weighted by molar-refractivity contribution is -0.165. The van der Waals surface area contributed by atoms with Gasteiger partial charge in [0.2, 0.25) is 5.91 Å². The highest BCUT2D eigenvalue weighted by Crippen LogP contribution is 2.20. The van der Waals surface area contributed by atoms with Crippen molar-refractivity contribution in [3.63, 3.8) is 0 Å². The van der Waals surface area contributed by atoms with Crippen LogP contribution in [0.1, 0.15) is 34.6 Å². The highest BCUT2D eigenvalue weighted by atomic mass is 16.6. The minimum absolute atomic E-state index is 0.229. The summed E-state index contributed by atoms with van der Waals surface area (Å²) in [5.41, 5.74) is -1.26. The van der Waals surface area contributed by atoms with Crippen molar-refractivity contribution in [3.8, 4) is 0 Å². The molecule has 0 aliphatic rings. The molecule has 4 heteroatoms. The fraction of sp³-hybridized carbons (Fsp3) is 0.667. The van der Waals surface area contributed by atoms with Crippen molar-refractivity contribution in [1.29, 1.82) is 0 Å². The van der Waals surface area contributed by atoms with Crippen LogP contribution in [0, 0.1) is 5.41 Å². The van der Waals surface area contributed by atoms with Crippen molar-refractivity contribution in [2.24, 2.45) is 5.41 Å². The molecule has 16 heavy (non-hydrogen) atoms. The van der Waals surface area contributed by atoms with Gasteiger partial charge >= 0.3 is 5.97 Å². The zero-order valence-corrected chi connectivity index (χ0v) is 10.7. The number of esters is 1. The number of ether oxygens (including phenoxy) is 1. The predicted molar refractivity (Wildman–Crippen MR) is 62.8 cm³/mol. The van der Waals surface area contributed by atoms with Crippen molar-refractivity contribution in [1.82, 2.24) is 5.32 Å². The third kappa shape index (κ3) is 5.53. The fourth-order valence-electron chi connectivity index (χ4n) is 0.869. The van der Waals surface area contributed by atoms with Crippen LogP contribution in [0.4, 0.5) is 0 Å². The lowest BCUT2D eigenvalue weighted by Gasteiger charge is -2.28. The van der Waals surface area contributed by atoms with Crippen LogP contribution in [-0.4, -0.2) is 24.0 Å². The molecule has 0 spiro atoms. The first-order chi connectivity index (χ1) is 7.08. The second-order valence-electron chi connectivity index (χ2n) is 5.31. The number of hydrogen-bond acceptors (Lipinski definition) is 3. The van der Waals surface area contributed by atoms with Crippen LogP contribution in [0.5, 0.6) is 0 Å². The van der Waals surface area contributed by atoms with E-state index >= 15 is 0 Å². The van der Waals surface area contributed by atoms with Crippen molar-refractivity contribution in [2.45, 2.75) is 40.2 Å². The van der Waals surface area contributed by atoms with Gasteiger partial charge in [-0.2, -0.15) is 0 Å². The Kier molecular flexibility index (Phi) is 4.72. The van der Waals surface area contributed by atoms with Gasteiger partial charge in [0, 0.05) is 6.54 Å². The quantitative estimate of drug-likeness (QED) is 0.587. The summed E-state index contributed by atoms with van der Waals surface area (Å²) < 4.78 is 5.25. The van der Waals surface area contributed by atoms with Gasteiger partial charge in [0.25, 0.3) is 0 Å². The van der Waals surface area contributed by atoms with Gasteiger partial charge in [-0.15, -0.1) is 0 Å². The molecule has 0 bridgehead atoms. The molecule has 0 rings (SSSR count). The summed E-state index contributed by atoms with van der Waals surface area (Å²) in [6.45, 7) is 12.4. The molecule has 0 aliphatic carbocycles. The molecule has 0 radical (unpaired) electrons. The predicted octanol–water partition coefficient (Wildman–Crippen LogP) is 1.66. The Balaban J connectivity index is 4.37. The Morgan fingerprint density at radius 1 is 1.25 bits per heavy atom. The Hall–Kier alpha value is -1.32. The van der Waals surface area contributed by atoms with Crippen LogP contribution in [0.2, 0.25) is 0 Å². The van der Waals surface area contributed by atoms with Gasteiger partial charge in [-0.1, -0.05) is 6.58 Å². The first kappa shape index (κ1) is 14.7. The van der Waals surface area contributed by atoms with E-state index in [1.54, 1.807) is 13.8 Å². The van der Waals surface area contributed by atoms with Gasteiger partial charge in [0.1, 0.15) is 5.60 Å². The largest absolute Gasteiger partial charge is 0.460 e. The van der Waals surface area contributed by atoms with Gasteiger partial charge in [-0.25, -0.2) is 0 Å². The Morgan fingerprint density at radius 3 is 2.12 bits per heavy atom. The Morgan fingerprint density at radius 2 is 1.75 bits per heavy atom. The summed E-state index contributed by atoms with van der Waals surface area (Å²) in [5, 5.41) is 2.58. The highest BCUT2D eigenvalue weighted by molar-refractivity contribution is 5.87. The van der Waals surface area contributed by atoms with E-state index in [9.17, 15) is 9.59 Å². The maximum atomic E-state index is 11.8. The topological polar surface area (TPSA) is 55.4 Å². The van der Waals surface area contributed by atoms with Gasteiger partial charge in [0.15, 0.2) is 0 Å². The van der Waals surface area contributed by atoms with E-state index in [0.29, 0.717) is 0 Å². The molecule has 92 valence electrons. The van der Waals surface area contributed by atoms with E-state index < -0.39 is 11.0 Å². The third-order valence-corrected chi connectivity index (χ3v) is 1.84. The molecule has 0 aromatic heterocycles. The standard InChI is InChI=1S/C12H21NO3/c1-7-9(14)13-8-12(5,6)10(15)16-11(2,3)4/h7H,1,8H2,2-6H3,(H,13,14). The lowest BCUT2D eigenvalue weighted by atomic mass is 9.93. The van der Waals surface area contributed by atoms with Gasteiger partial charge < -0.3 is 10.1 Å². The van der Waals surface area contributed by atoms with Crippen molar-refractivity contribution in [3.05, 3.63) is 12.7 Å². The smallest absolute Gasteiger partial charge is 0.313 e. The van der Waals surface area contributed by atoms with Crippen molar-refractivity contribution in [2.75, 3.05) is 6.54 Å².